The molecule has 0 aliphatic carbocycles. The lowest BCUT2D eigenvalue weighted by Crippen LogP contribution is -2.47. The maximum absolute atomic E-state index is 12.2. The predicted molar refractivity (Wildman–Crippen MR) is 80.1 cm³/mol. The van der Waals surface area contributed by atoms with Crippen molar-refractivity contribution < 1.29 is 4.79 Å². The van der Waals surface area contributed by atoms with E-state index in [4.69, 9.17) is 17.3 Å². The summed E-state index contributed by atoms with van der Waals surface area (Å²) in [6, 6.07) is 7.03. The zero-order valence-electron chi connectivity index (χ0n) is 11.4. The molecule has 0 aliphatic heterocycles. The van der Waals surface area contributed by atoms with Crippen molar-refractivity contribution in [3.05, 3.63) is 41.7 Å². The first-order valence-electron chi connectivity index (χ1n) is 6.34. The van der Waals surface area contributed by atoms with Crippen LogP contribution in [0.4, 0.5) is 5.69 Å². The van der Waals surface area contributed by atoms with E-state index < -0.39 is 5.54 Å². The van der Waals surface area contributed by atoms with E-state index in [1.54, 1.807) is 48.3 Å². The Morgan fingerprint density at radius 3 is 2.90 bits per heavy atom. The minimum atomic E-state index is -0.927. The van der Waals surface area contributed by atoms with Gasteiger partial charge in [0.1, 0.15) is 0 Å². The summed E-state index contributed by atoms with van der Waals surface area (Å²) in [5, 5.41) is 7.51. The molecule has 2 rings (SSSR count). The molecule has 1 unspecified atom stereocenters. The van der Waals surface area contributed by atoms with Gasteiger partial charge in [-0.2, -0.15) is 5.10 Å². The van der Waals surface area contributed by atoms with Gasteiger partial charge in [-0.1, -0.05) is 18.5 Å². The first kappa shape index (κ1) is 14.6. The largest absolute Gasteiger partial charge is 0.323 e. The van der Waals surface area contributed by atoms with Crippen molar-refractivity contribution >= 4 is 23.2 Å². The van der Waals surface area contributed by atoms with Crippen molar-refractivity contribution in [3.8, 4) is 5.69 Å². The maximum Gasteiger partial charge on any atom is 0.244 e. The number of nitrogens with zero attached hydrogens (tertiary/aromatic N) is 2. The molecule has 2 aromatic rings. The van der Waals surface area contributed by atoms with E-state index in [0.717, 1.165) is 5.69 Å². The number of carbonyl (C=O) groups is 1. The first-order valence-corrected chi connectivity index (χ1v) is 6.72. The fraction of sp³-hybridized carbons (Fsp3) is 0.286. The molecule has 1 aromatic carbocycles. The van der Waals surface area contributed by atoms with Crippen molar-refractivity contribution in [2.45, 2.75) is 25.8 Å². The van der Waals surface area contributed by atoms with E-state index in [2.05, 4.69) is 10.4 Å². The van der Waals surface area contributed by atoms with Crippen LogP contribution in [-0.4, -0.2) is 21.2 Å². The highest BCUT2D eigenvalue weighted by Gasteiger charge is 2.26. The molecule has 3 N–H and O–H groups in total. The average molecular weight is 293 g/mol. The van der Waals surface area contributed by atoms with E-state index in [9.17, 15) is 4.79 Å². The summed E-state index contributed by atoms with van der Waals surface area (Å²) in [5.74, 6) is -0.254. The van der Waals surface area contributed by atoms with Gasteiger partial charge in [0.25, 0.3) is 0 Å². The van der Waals surface area contributed by atoms with Crippen LogP contribution in [-0.2, 0) is 4.79 Å². The van der Waals surface area contributed by atoms with Gasteiger partial charge in [0.15, 0.2) is 0 Å². The van der Waals surface area contributed by atoms with Gasteiger partial charge in [-0.25, -0.2) is 4.68 Å². The lowest BCUT2D eigenvalue weighted by molar-refractivity contribution is -0.120. The number of rotatable bonds is 4. The summed E-state index contributed by atoms with van der Waals surface area (Å²) in [7, 11) is 0. The molecule has 0 saturated carbocycles. The number of hydrogen-bond acceptors (Lipinski definition) is 3. The summed E-state index contributed by atoms with van der Waals surface area (Å²) < 4.78 is 1.66. The molecule has 5 nitrogen and oxygen atoms in total. The number of benzene rings is 1. The van der Waals surface area contributed by atoms with Crippen LogP contribution in [0.25, 0.3) is 5.69 Å². The second kappa shape index (κ2) is 5.64. The van der Waals surface area contributed by atoms with E-state index in [-0.39, 0.29) is 5.91 Å². The van der Waals surface area contributed by atoms with Crippen LogP contribution in [0.2, 0.25) is 5.02 Å². The molecule has 1 atom stereocenters. The summed E-state index contributed by atoms with van der Waals surface area (Å²) in [6.07, 6.45) is 4.00. The number of halogens is 1. The highest BCUT2D eigenvalue weighted by atomic mass is 35.5. The van der Waals surface area contributed by atoms with Gasteiger partial charge in [0.2, 0.25) is 5.91 Å². The molecule has 0 bridgehead atoms. The Morgan fingerprint density at radius 1 is 1.55 bits per heavy atom. The number of nitrogens with two attached hydrogens (primary N) is 1. The van der Waals surface area contributed by atoms with Crippen LogP contribution in [0.15, 0.2) is 36.7 Å². The van der Waals surface area contributed by atoms with Crippen LogP contribution >= 0.6 is 11.6 Å². The molecular weight excluding hydrogens is 276 g/mol. The van der Waals surface area contributed by atoms with E-state index in [0.29, 0.717) is 17.1 Å². The minimum absolute atomic E-state index is 0.254. The third kappa shape index (κ3) is 3.00. The standard InChI is InChI=1S/C14H17ClN4O/c1-3-14(2,16)13(20)18-11-9-10(15)5-6-12(11)19-8-4-7-17-19/h4-9H,3,16H2,1-2H3,(H,18,20). The summed E-state index contributed by atoms with van der Waals surface area (Å²) in [6.45, 7) is 3.56. The smallest absolute Gasteiger partial charge is 0.244 e. The highest BCUT2D eigenvalue weighted by molar-refractivity contribution is 6.31. The second-order valence-corrected chi connectivity index (χ2v) is 5.27. The molecule has 0 aliphatic rings. The van der Waals surface area contributed by atoms with Gasteiger partial charge >= 0.3 is 0 Å². The monoisotopic (exact) mass is 292 g/mol. The fourth-order valence-electron chi connectivity index (χ4n) is 1.65. The molecule has 0 saturated heterocycles. The quantitative estimate of drug-likeness (QED) is 0.910. The number of anilines is 1. The molecule has 6 heteroatoms. The summed E-state index contributed by atoms with van der Waals surface area (Å²) in [4.78, 5) is 12.2. The Morgan fingerprint density at radius 2 is 2.30 bits per heavy atom. The third-order valence-electron chi connectivity index (χ3n) is 3.21. The Hall–Kier alpha value is -1.85. The lowest BCUT2D eigenvalue weighted by Gasteiger charge is -2.22. The highest BCUT2D eigenvalue weighted by Crippen LogP contribution is 2.25. The van der Waals surface area contributed by atoms with Gasteiger partial charge in [-0.15, -0.1) is 0 Å². The van der Waals surface area contributed by atoms with E-state index in [1.807, 2.05) is 6.92 Å². The topological polar surface area (TPSA) is 72.9 Å². The SMILES string of the molecule is CCC(C)(N)C(=O)Nc1cc(Cl)ccc1-n1cccn1. The molecule has 20 heavy (non-hydrogen) atoms. The third-order valence-corrected chi connectivity index (χ3v) is 3.45. The fourth-order valence-corrected chi connectivity index (χ4v) is 1.82. The molecule has 0 fully saturated rings. The zero-order valence-corrected chi connectivity index (χ0v) is 12.2. The lowest BCUT2D eigenvalue weighted by atomic mass is 9.99. The molecule has 1 aromatic heterocycles. The van der Waals surface area contributed by atoms with Crippen molar-refractivity contribution in [3.63, 3.8) is 0 Å². The van der Waals surface area contributed by atoms with Crippen LogP contribution in [0.3, 0.4) is 0 Å². The average Bonchev–Trinajstić information content (AvgIpc) is 2.92. The molecular formula is C14H17ClN4O. The minimum Gasteiger partial charge on any atom is -0.323 e. The predicted octanol–water partition coefficient (Wildman–Crippen LogP) is 2.59. The Kier molecular flexibility index (Phi) is 4.11. The number of carbonyl (C=O) groups excluding carboxylic acids is 1. The van der Waals surface area contributed by atoms with Gasteiger partial charge in [-0.05, 0) is 37.6 Å². The Balaban J connectivity index is 2.36. The molecule has 106 valence electrons. The number of amides is 1. The van der Waals surface area contributed by atoms with Crippen LogP contribution in [0, 0.1) is 0 Å². The summed E-state index contributed by atoms with van der Waals surface area (Å²) in [5.41, 5.74) is 6.34. The normalized spacial score (nSPS) is 13.8. The summed E-state index contributed by atoms with van der Waals surface area (Å²) >= 11 is 6.00. The Bertz CT molecular complexity index is 608. The van der Waals surface area contributed by atoms with Gasteiger partial charge in [-0.3, -0.25) is 4.79 Å². The van der Waals surface area contributed by atoms with Crippen molar-refractivity contribution in [1.82, 2.24) is 9.78 Å². The van der Waals surface area contributed by atoms with E-state index >= 15 is 0 Å². The van der Waals surface area contributed by atoms with E-state index in [1.165, 1.54) is 0 Å². The van der Waals surface area contributed by atoms with Gasteiger partial charge in [0.05, 0.1) is 16.9 Å². The molecule has 1 heterocycles. The zero-order chi connectivity index (χ0) is 14.8. The van der Waals surface area contributed by atoms with Crippen molar-refractivity contribution in [1.29, 1.82) is 0 Å². The van der Waals surface area contributed by atoms with Gasteiger partial charge < -0.3 is 11.1 Å². The van der Waals surface area contributed by atoms with Gasteiger partial charge in [0, 0.05) is 17.4 Å². The molecule has 0 spiro atoms. The molecule has 1 amide bonds. The van der Waals surface area contributed by atoms with Crippen LogP contribution < -0.4 is 11.1 Å². The number of aromatic nitrogens is 2. The first-order chi connectivity index (χ1) is 9.44. The number of nitrogens with one attached hydrogen (secondary N) is 1. The Labute approximate surface area is 122 Å². The number of hydrogen-bond donors (Lipinski definition) is 2. The molecule has 0 radical (unpaired) electrons. The maximum atomic E-state index is 12.2. The van der Waals surface area contributed by atoms with Crippen LogP contribution in [0.5, 0.6) is 0 Å². The van der Waals surface area contributed by atoms with Crippen molar-refractivity contribution in [2.75, 3.05) is 5.32 Å². The van der Waals surface area contributed by atoms with Crippen molar-refractivity contribution in [2.24, 2.45) is 5.73 Å². The second-order valence-electron chi connectivity index (χ2n) is 4.84. The van der Waals surface area contributed by atoms with Crippen LogP contribution in [0.1, 0.15) is 20.3 Å².